The van der Waals surface area contributed by atoms with Gasteiger partial charge in [-0.1, -0.05) is 29.8 Å². The molecule has 1 atom stereocenters. The summed E-state index contributed by atoms with van der Waals surface area (Å²) in [5, 5.41) is 19.3. The Kier molecular flexibility index (Phi) is 4.14. The van der Waals surface area contributed by atoms with Gasteiger partial charge in [0.1, 0.15) is 11.4 Å². The molecule has 0 heterocycles. The van der Waals surface area contributed by atoms with Crippen LogP contribution in [-0.2, 0) is 5.60 Å². The molecule has 102 valence electrons. The molecule has 0 fully saturated rings. The number of rotatable bonds is 2. The SMILES string of the molecule is CC(O)(c1ccc(C#N)cc1)c1ccc(Br)c(Cl)c1F. The van der Waals surface area contributed by atoms with Crippen molar-refractivity contribution in [3.8, 4) is 6.07 Å². The molecule has 1 N–H and O–H groups in total. The third kappa shape index (κ3) is 2.57. The van der Waals surface area contributed by atoms with Crippen molar-refractivity contribution in [3.63, 3.8) is 0 Å². The Bertz CT molecular complexity index is 692. The predicted molar refractivity (Wildman–Crippen MR) is 78.9 cm³/mol. The van der Waals surface area contributed by atoms with Crippen molar-refractivity contribution < 1.29 is 9.50 Å². The summed E-state index contributed by atoms with van der Waals surface area (Å²) in [6.07, 6.45) is 0. The molecule has 0 saturated carbocycles. The van der Waals surface area contributed by atoms with Crippen LogP contribution in [-0.4, -0.2) is 5.11 Å². The van der Waals surface area contributed by atoms with Crippen molar-refractivity contribution in [2.45, 2.75) is 12.5 Å². The van der Waals surface area contributed by atoms with E-state index >= 15 is 0 Å². The first-order chi connectivity index (χ1) is 9.37. The van der Waals surface area contributed by atoms with E-state index < -0.39 is 11.4 Å². The Balaban J connectivity index is 2.54. The minimum absolute atomic E-state index is 0.0728. The molecule has 0 aliphatic rings. The van der Waals surface area contributed by atoms with Gasteiger partial charge in [-0.05, 0) is 46.6 Å². The van der Waals surface area contributed by atoms with E-state index in [1.165, 1.54) is 13.0 Å². The normalized spacial score (nSPS) is 13.6. The van der Waals surface area contributed by atoms with Crippen LogP contribution in [0.2, 0.25) is 5.02 Å². The van der Waals surface area contributed by atoms with Crippen molar-refractivity contribution in [2.24, 2.45) is 0 Å². The maximum Gasteiger partial charge on any atom is 0.149 e. The van der Waals surface area contributed by atoms with Crippen LogP contribution < -0.4 is 0 Å². The second-order valence-electron chi connectivity index (χ2n) is 4.48. The van der Waals surface area contributed by atoms with Gasteiger partial charge in [0, 0.05) is 10.0 Å². The fraction of sp³-hybridized carbons (Fsp3) is 0.133. The number of aliphatic hydroxyl groups is 1. The molecule has 0 radical (unpaired) electrons. The van der Waals surface area contributed by atoms with Crippen molar-refractivity contribution in [1.82, 2.24) is 0 Å². The number of hydrogen-bond acceptors (Lipinski definition) is 2. The van der Waals surface area contributed by atoms with Crippen LogP contribution >= 0.6 is 27.5 Å². The molecule has 0 aromatic heterocycles. The number of nitrogens with zero attached hydrogens (tertiary/aromatic N) is 1. The molecule has 0 amide bonds. The van der Waals surface area contributed by atoms with E-state index in [-0.39, 0.29) is 10.6 Å². The quantitative estimate of drug-likeness (QED) is 0.814. The molecule has 2 aromatic rings. The molecule has 0 aliphatic heterocycles. The molecular weight excluding hydrogens is 345 g/mol. The second kappa shape index (κ2) is 5.53. The molecule has 0 bridgehead atoms. The lowest BCUT2D eigenvalue weighted by Crippen LogP contribution is -2.24. The zero-order chi connectivity index (χ0) is 14.9. The van der Waals surface area contributed by atoms with E-state index in [4.69, 9.17) is 16.9 Å². The van der Waals surface area contributed by atoms with Gasteiger partial charge in [0.25, 0.3) is 0 Å². The summed E-state index contributed by atoms with van der Waals surface area (Å²) >= 11 is 8.98. The summed E-state index contributed by atoms with van der Waals surface area (Å²) in [6, 6.07) is 11.4. The molecule has 2 rings (SSSR count). The van der Waals surface area contributed by atoms with E-state index in [0.717, 1.165) is 0 Å². The van der Waals surface area contributed by atoms with E-state index in [1.807, 2.05) is 6.07 Å². The van der Waals surface area contributed by atoms with Crippen LogP contribution in [0.5, 0.6) is 0 Å². The smallest absolute Gasteiger partial charge is 0.149 e. The van der Waals surface area contributed by atoms with Crippen LogP contribution in [0.15, 0.2) is 40.9 Å². The van der Waals surface area contributed by atoms with Crippen molar-refractivity contribution in [3.05, 3.63) is 68.4 Å². The van der Waals surface area contributed by atoms with Crippen LogP contribution in [0, 0.1) is 17.1 Å². The molecular formula is C15H10BrClFNO. The van der Waals surface area contributed by atoms with Gasteiger partial charge < -0.3 is 5.11 Å². The highest BCUT2D eigenvalue weighted by Gasteiger charge is 2.30. The summed E-state index contributed by atoms with van der Waals surface area (Å²) < 4.78 is 14.6. The monoisotopic (exact) mass is 353 g/mol. The number of halogens is 3. The van der Waals surface area contributed by atoms with Gasteiger partial charge in [0.2, 0.25) is 0 Å². The van der Waals surface area contributed by atoms with E-state index in [9.17, 15) is 9.50 Å². The van der Waals surface area contributed by atoms with Gasteiger partial charge in [-0.25, -0.2) is 4.39 Å². The summed E-state index contributed by atoms with van der Waals surface area (Å²) in [6.45, 7) is 1.48. The number of benzene rings is 2. The Morgan fingerprint density at radius 2 is 1.85 bits per heavy atom. The maximum absolute atomic E-state index is 14.2. The average molecular weight is 355 g/mol. The van der Waals surface area contributed by atoms with Crippen LogP contribution in [0.1, 0.15) is 23.6 Å². The third-order valence-electron chi connectivity index (χ3n) is 3.14. The number of nitriles is 1. The Hall–Kier alpha value is -1.41. The van der Waals surface area contributed by atoms with Gasteiger partial charge in [-0.2, -0.15) is 5.26 Å². The second-order valence-corrected chi connectivity index (χ2v) is 5.72. The van der Waals surface area contributed by atoms with Crippen LogP contribution in [0.25, 0.3) is 0 Å². The van der Waals surface area contributed by atoms with E-state index in [0.29, 0.717) is 15.6 Å². The minimum Gasteiger partial charge on any atom is -0.381 e. The molecule has 1 unspecified atom stereocenters. The van der Waals surface area contributed by atoms with Crippen LogP contribution in [0.4, 0.5) is 4.39 Å². The van der Waals surface area contributed by atoms with Crippen molar-refractivity contribution in [1.29, 1.82) is 5.26 Å². The first kappa shape index (κ1) is 15.0. The van der Waals surface area contributed by atoms with Crippen molar-refractivity contribution >= 4 is 27.5 Å². The molecule has 20 heavy (non-hydrogen) atoms. The molecule has 0 saturated heterocycles. The molecule has 5 heteroatoms. The van der Waals surface area contributed by atoms with Gasteiger partial charge in [-0.3, -0.25) is 0 Å². The third-order valence-corrected chi connectivity index (χ3v) is 4.39. The number of hydrogen-bond donors (Lipinski definition) is 1. The Labute approximate surface area is 129 Å². The molecule has 0 spiro atoms. The fourth-order valence-corrected chi connectivity index (χ4v) is 2.40. The van der Waals surface area contributed by atoms with E-state index in [2.05, 4.69) is 15.9 Å². The van der Waals surface area contributed by atoms with E-state index in [1.54, 1.807) is 30.3 Å². The van der Waals surface area contributed by atoms with Gasteiger partial charge in [0.05, 0.1) is 16.7 Å². The van der Waals surface area contributed by atoms with Gasteiger partial charge in [-0.15, -0.1) is 0 Å². The Morgan fingerprint density at radius 1 is 1.25 bits per heavy atom. The Morgan fingerprint density at radius 3 is 2.40 bits per heavy atom. The molecule has 2 aromatic carbocycles. The maximum atomic E-state index is 14.2. The average Bonchev–Trinajstić information content (AvgIpc) is 2.44. The zero-order valence-corrected chi connectivity index (χ0v) is 12.8. The zero-order valence-electron chi connectivity index (χ0n) is 10.5. The molecule has 0 aliphatic carbocycles. The highest BCUT2D eigenvalue weighted by molar-refractivity contribution is 9.10. The lowest BCUT2D eigenvalue weighted by molar-refractivity contribution is 0.0979. The first-order valence-corrected chi connectivity index (χ1v) is 6.92. The highest BCUT2D eigenvalue weighted by Crippen LogP contribution is 2.36. The molecule has 2 nitrogen and oxygen atoms in total. The lowest BCUT2D eigenvalue weighted by atomic mass is 9.87. The summed E-state index contributed by atoms with van der Waals surface area (Å²) in [5.74, 6) is -0.671. The predicted octanol–water partition coefficient (Wildman–Crippen LogP) is 4.37. The first-order valence-electron chi connectivity index (χ1n) is 5.75. The minimum atomic E-state index is -1.54. The summed E-state index contributed by atoms with van der Waals surface area (Å²) in [7, 11) is 0. The topological polar surface area (TPSA) is 44.0 Å². The van der Waals surface area contributed by atoms with Gasteiger partial charge in [0.15, 0.2) is 0 Å². The van der Waals surface area contributed by atoms with Crippen molar-refractivity contribution in [2.75, 3.05) is 0 Å². The largest absolute Gasteiger partial charge is 0.381 e. The summed E-state index contributed by atoms with van der Waals surface area (Å²) in [4.78, 5) is 0. The lowest BCUT2D eigenvalue weighted by Gasteiger charge is -2.25. The fourth-order valence-electron chi connectivity index (χ4n) is 1.93. The van der Waals surface area contributed by atoms with Crippen LogP contribution in [0.3, 0.4) is 0 Å². The standard InChI is InChI=1S/C15H10BrClFNO/c1-15(20,10-4-2-9(8-19)3-5-10)11-6-7-12(16)13(17)14(11)18/h2-7,20H,1H3. The van der Waals surface area contributed by atoms with Gasteiger partial charge >= 0.3 is 0 Å². The summed E-state index contributed by atoms with van der Waals surface area (Å²) in [5.41, 5.74) is -0.509. The highest BCUT2D eigenvalue weighted by atomic mass is 79.9.